The van der Waals surface area contributed by atoms with Crippen LogP contribution < -0.4 is 19.7 Å². The van der Waals surface area contributed by atoms with E-state index in [2.05, 4.69) is 20.2 Å². The lowest BCUT2D eigenvalue weighted by Crippen LogP contribution is -2.44. The molecule has 1 aromatic heterocycles. The van der Waals surface area contributed by atoms with Crippen molar-refractivity contribution >= 4 is 11.9 Å². The highest BCUT2D eigenvalue weighted by atomic mass is 16.5. The van der Waals surface area contributed by atoms with E-state index in [9.17, 15) is 4.79 Å². The number of piperidine rings is 1. The van der Waals surface area contributed by atoms with Crippen LogP contribution in [0.2, 0.25) is 0 Å². The molecule has 2 heterocycles. The number of aromatic nitrogens is 2. The SMILES string of the molecule is COc1ccc(OC)c([C@H](C)NC(=O)[C@@H]2CCCN(c3nc(C)cc(C)n3)C2)c1. The molecular weight excluding hydrogens is 368 g/mol. The molecule has 0 saturated carbocycles. The molecule has 1 saturated heterocycles. The average Bonchev–Trinajstić information content (AvgIpc) is 2.72. The van der Waals surface area contributed by atoms with E-state index < -0.39 is 0 Å². The van der Waals surface area contributed by atoms with Crippen LogP contribution >= 0.6 is 0 Å². The zero-order chi connectivity index (χ0) is 21.0. The number of nitrogens with zero attached hydrogens (tertiary/aromatic N) is 3. The Balaban J connectivity index is 1.70. The third-order valence-electron chi connectivity index (χ3n) is 5.31. The predicted octanol–water partition coefficient (Wildman–Crippen LogP) is 3.20. The summed E-state index contributed by atoms with van der Waals surface area (Å²) in [6, 6.07) is 7.37. The molecule has 0 spiro atoms. The van der Waals surface area contributed by atoms with Crippen LogP contribution in [0.3, 0.4) is 0 Å². The fraction of sp³-hybridized carbons (Fsp3) is 0.500. The van der Waals surface area contributed by atoms with Crippen LogP contribution in [0.5, 0.6) is 11.5 Å². The molecule has 1 aliphatic rings. The number of nitrogens with one attached hydrogen (secondary N) is 1. The molecule has 1 aliphatic heterocycles. The number of hydrogen-bond donors (Lipinski definition) is 1. The van der Waals surface area contributed by atoms with E-state index in [1.165, 1.54) is 0 Å². The molecule has 0 unspecified atom stereocenters. The van der Waals surface area contributed by atoms with Crippen molar-refractivity contribution in [2.75, 3.05) is 32.2 Å². The second-order valence-electron chi connectivity index (χ2n) is 7.57. The molecule has 3 rings (SSSR count). The molecule has 1 N–H and O–H groups in total. The smallest absolute Gasteiger partial charge is 0.225 e. The van der Waals surface area contributed by atoms with Crippen LogP contribution in [0.15, 0.2) is 24.3 Å². The summed E-state index contributed by atoms with van der Waals surface area (Å²) in [5.41, 5.74) is 2.78. The first-order valence-corrected chi connectivity index (χ1v) is 10.0. The number of benzene rings is 1. The van der Waals surface area contributed by atoms with E-state index in [1.807, 2.05) is 45.0 Å². The third-order valence-corrected chi connectivity index (χ3v) is 5.31. The van der Waals surface area contributed by atoms with Crippen LogP contribution in [0.1, 0.15) is 42.8 Å². The first-order chi connectivity index (χ1) is 13.9. The standard InChI is InChI=1S/C22H30N4O3/c1-14-11-15(2)24-22(23-14)26-10-6-7-17(13-26)21(27)25-16(3)19-12-18(28-4)8-9-20(19)29-5/h8-9,11-12,16-17H,6-7,10,13H2,1-5H3,(H,25,27)/t16-,17+/m0/s1. The summed E-state index contributed by atoms with van der Waals surface area (Å²) in [6.45, 7) is 7.39. The summed E-state index contributed by atoms with van der Waals surface area (Å²) in [5, 5.41) is 3.14. The number of methoxy groups -OCH3 is 2. The van der Waals surface area contributed by atoms with Crippen molar-refractivity contribution in [3.63, 3.8) is 0 Å². The Labute approximate surface area is 172 Å². The summed E-state index contributed by atoms with van der Waals surface area (Å²) in [4.78, 5) is 24.2. The molecule has 2 aromatic rings. The number of aryl methyl sites for hydroxylation is 2. The number of carbonyl (C=O) groups is 1. The minimum Gasteiger partial charge on any atom is -0.497 e. The van der Waals surface area contributed by atoms with Gasteiger partial charge in [-0.25, -0.2) is 9.97 Å². The Morgan fingerprint density at radius 1 is 1.17 bits per heavy atom. The maximum absolute atomic E-state index is 13.0. The second-order valence-corrected chi connectivity index (χ2v) is 7.57. The van der Waals surface area contributed by atoms with E-state index in [1.54, 1.807) is 14.2 Å². The lowest BCUT2D eigenvalue weighted by atomic mass is 9.96. The van der Waals surface area contributed by atoms with Crippen molar-refractivity contribution in [1.82, 2.24) is 15.3 Å². The molecular formula is C22H30N4O3. The van der Waals surface area contributed by atoms with Gasteiger partial charge >= 0.3 is 0 Å². The lowest BCUT2D eigenvalue weighted by molar-refractivity contribution is -0.125. The predicted molar refractivity (Wildman–Crippen MR) is 113 cm³/mol. The Morgan fingerprint density at radius 3 is 2.55 bits per heavy atom. The number of anilines is 1. The Bertz CT molecular complexity index is 851. The number of carbonyl (C=O) groups excluding carboxylic acids is 1. The van der Waals surface area contributed by atoms with Crippen molar-refractivity contribution in [1.29, 1.82) is 0 Å². The molecule has 0 bridgehead atoms. The van der Waals surface area contributed by atoms with Crippen molar-refractivity contribution in [3.05, 3.63) is 41.2 Å². The van der Waals surface area contributed by atoms with Gasteiger partial charge in [-0.2, -0.15) is 0 Å². The van der Waals surface area contributed by atoms with Crippen molar-refractivity contribution in [3.8, 4) is 11.5 Å². The van der Waals surface area contributed by atoms with E-state index in [0.29, 0.717) is 12.5 Å². The summed E-state index contributed by atoms with van der Waals surface area (Å²) in [5.74, 6) is 2.11. The van der Waals surface area contributed by atoms with Crippen LogP contribution in [-0.2, 0) is 4.79 Å². The summed E-state index contributed by atoms with van der Waals surface area (Å²) >= 11 is 0. The van der Waals surface area contributed by atoms with Gasteiger partial charge in [0.15, 0.2) is 0 Å². The van der Waals surface area contributed by atoms with Crippen LogP contribution in [0.25, 0.3) is 0 Å². The minimum absolute atomic E-state index is 0.0384. The molecule has 2 atom stereocenters. The third kappa shape index (κ3) is 4.96. The van der Waals surface area contributed by atoms with Gasteiger partial charge in [0, 0.05) is 30.0 Å². The highest BCUT2D eigenvalue weighted by molar-refractivity contribution is 5.80. The fourth-order valence-electron chi connectivity index (χ4n) is 3.81. The summed E-state index contributed by atoms with van der Waals surface area (Å²) < 4.78 is 10.8. The van der Waals surface area contributed by atoms with E-state index >= 15 is 0 Å². The molecule has 156 valence electrons. The number of ether oxygens (including phenoxy) is 2. The van der Waals surface area contributed by atoms with Gasteiger partial charge in [-0.3, -0.25) is 4.79 Å². The van der Waals surface area contributed by atoms with Crippen molar-refractivity contribution < 1.29 is 14.3 Å². The maximum atomic E-state index is 13.0. The van der Waals surface area contributed by atoms with Crippen molar-refractivity contribution in [2.45, 2.75) is 39.7 Å². The Morgan fingerprint density at radius 2 is 1.90 bits per heavy atom. The highest BCUT2D eigenvalue weighted by Crippen LogP contribution is 2.30. The maximum Gasteiger partial charge on any atom is 0.225 e. The second kappa shape index (κ2) is 9.11. The molecule has 0 radical (unpaired) electrons. The monoisotopic (exact) mass is 398 g/mol. The fourth-order valence-corrected chi connectivity index (χ4v) is 3.81. The molecule has 0 aliphatic carbocycles. The topological polar surface area (TPSA) is 76.6 Å². The number of hydrogen-bond acceptors (Lipinski definition) is 6. The van der Waals surface area contributed by atoms with E-state index in [4.69, 9.17) is 9.47 Å². The molecule has 29 heavy (non-hydrogen) atoms. The van der Waals surface area contributed by atoms with E-state index in [-0.39, 0.29) is 17.9 Å². The van der Waals surface area contributed by atoms with Crippen LogP contribution in [-0.4, -0.2) is 43.2 Å². The van der Waals surface area contributed by atoms with Gasteiger partial charge in [0.25, 0.3) is 0 Å². The average molecular weight is 399 g/mol. The Hall–Kier alpha value is -2.83. The van der Waals surface area contributed by atoms with Gasteiger partial charge in [0.2, 0.25) is 11.9 Å². The van der Waals surface area contributed by atoms with Crippen molar-refractivity contribution in [2.24, 2.45) is 5.92 Å². The van der Waals surface area contributed by atoms with Gasteiger partial charge < -0.3 is 19.7 Å². The van der Waals surface area contributed by atoms with Gasteiger partial charge in [-0.1, -0.05) is 0 Å². The Kier molecular flexibility index (Phi) is 6.56. The van der Waals surface area contributed by atoms with Crippen LogP contribution in [0.4, 0.5) is 5.95 Å². The summed E-state index contributed by atoms with van der Waals surface area (Å²) in [7, 11) is 3.25. The van der Waals surface area contributed by atoms with Gasteiger partial charge in [-0.15, -0.1) is 0 Å². The highest BCUT2D eigenvalue weighted by Gasteiger charge is 2.28. The molecule has 1 fully saturated rings. The van der Waals surface area contributed by atoms with Crippen LogP contribution in [0, 0.1) is 19.8 Å². The van der Waals surface area contributed by atoms with Gasteiger partial charge in [0.05, 0.1) is 26.2 Å². The quantitative estimate of drug-likeness (QED) is 0.805. The number of amides is 1. The van der Waals surface area contributed by atoms with Gasteiger partial charge in [-0.05, 0) is 57.9 Å². The lowest BCUT2D eigenvalue weighted by Gasteiger charge is -2.33. The van der Waals surface area contributed by atoms with E-state index in [0.717, 1.165) is 47.8 Å². The number of rotatable bonds is 6. The molecule has 1 aromatic carbocycles. The molecule has 7 nitrogen and oxygen atoms in total. The molecule has 7 heteroatoms. The first kappa shape index (κ1) is 20.9. The minimum atomic E-state index is -0.194. The zero-order valence-corrected chi connectivity index (χ0v) is 17.9. The summed E-state index contributed by atoms with van der Waals surface area (Å²) in [6.07, 6.45) is 1.79. The normalized spacial score (nSPS) is 17.6. The first-order valence-electron chi connectivity index (χ1n) is 10.0. The largest absolute Gasteiger partial charge is 0.497 e. The van der Waals surface area contributed by atoms with Gasteiger partial charge in [0.1, 0.15) is 11.5 Å². The molecule has 1 amide bonds. The zero-order valence-electron chi connectivity index (χ0n) is 17.9.